The predicted octanol–water partition coefficient (Wildman–Crippen LogP) is 3.24. The van der Waals surface area contributed by atoms with Crippen LogP contribution in [0.5, 0.6) is 0 Å². The van der Waals surface area contributed by atoms with Crippen molar-refractivity contribution in [3.05, 3.63) is 21.1 Å². The monoisotopic (exact) mass is 347 g/mol. The van der Waals surface area contributed by atoms with E-state index in [0.29, 0.717) is 11.0 Å². The van der Waals surface area contributed by atoms with Crippen LogP contribution in [0.25, 0.3) is 0 Å². The van der Waals surface area contributed by atoms with Crippen molar-refractivity contribution in [1.82, 2.24) is 14.9 Å². The molecule has 1 saturated heterocycles. The number of halogens is 2. The van der Waals surface area contributed by atoms with Gasteiger partial charge in [0.15, 0.2) is 5.82 Å². The number of hydrogen-bond acceptors (Lipinski definition) is 4. The van der Waals surface area contributed by atoms with Crippen LogP contribution < -0.4 is 0 Å². The molecule has 1 fully saturated rings. The Labute approximate surface area is 127 Å². The third kappa shape index (κ3) is 3.66. The highest BCUT2D eigenvalue weighted by atomic mass is 79.9. The second-order valence-electron chi connectivity index (χ2n) is 4.64. The Bertz CT molecular complexity index is 444. The van der Waals surface area contributed by atoms with Crippen LogP contribution in [0.3, 0.4) is 0 Å². The van der Waals surface area contributed by atoms with Crippen LogP contribution in [0.1, 0.15) is 37.9 Å². The maximum absolute atomic E-state index is 6.18. The van der Waals surface area contributed by atoms with Gasteiger partial charge in [0, 0.05) is 13.1 Å². The first-order valence-corrected chi connectivity index (χ1v) is 7.88. The van der Waals surface area contributed by atoms with Gasteiger partial charge in [0.1, 0.15) is 11.3 Å². The Morgan fingerprint density at radius 1 is 1.42 bits per heavy atom. The standard InChI is InChI=1S/C13H19BrClN3O/c1-3-5-9-11(14)12(15)17-13(16-9)10-8-18(4-2)6-7-19-10/h10H,3-8H2,1-2H3. The number of likely N-dealkylation sites (N-methyl/N-ethyl adjacent to an activating group) is 1. The lowest BCUT2D eigenvalue weighted by Gasteiger charge is -2.31. The SMILES string of the molecule is CCCc1nc(C2CN(CC)CCO2)nc(Cl)c1Br. The van der Waals surface area contributed by atoms with Gasteiger partial charge in [-0.3, -0.25) is 4.90 Å². The molecule has 2 rings (SSSR count). The van der Waals surface area contributed by atoms with Gasteiger partial charge in [-0.25, -0.2) is 9.97 Å². The van der Waals surface area contributed by atoms with Gasteiger partial charge in [0.05, 0.1) is 16.8 Å². The third-order valence-electron chi connectivity index (χ3n) is 3.27. The van der Waals surface area contributed by atoms with Gasteiger partial charge >= 0.3 is 0 Å². The second kappa shape index (κ2) is 6.97. The van der Waals surface area contributed by atoms with Crippen molar-refractivity contribution in [3.63, 3.8) is 0 Å². The smallest absolute Gasteiger partial charge is 0.160 e. The lowest BCUT2D eigenvalue weighted by Crippen LogP contribution is -2.38. The van der Waals surface area contributed by atoms with Crippen molar-refractivity contribution in [3.8, 4) is 0 Å². The molecule has 106 valence electrons. The van der Waals surface area contributed by atoms with E-state index in [4.69, 9.17) is 16.3 Å². The first-order chi connectivity index (χ1) is 9.15. The minimum atomic E-state index is -0.0742. The highest BCUT2D eigenvalue weighted by Crippen LogP contribution is 2.28. The minimum absolute atomic E-state index is 0.0742. The molecule has 0 amide bonds. The highest BCUT2D eigenvalue weighted by molar-refractivity contribution is 9.10. The second-order valence-corrected chi connectivity index (χ2v) is 5.79. The van der Waals surface area contributed by atoms with Gasteiger partial charge in [-0.05, 0) is 28.9 Å². The summed E-state index contributed by atoms with van der Waals surface area (Å²) in [6, 6.07) is 0. The topological polar surface area (TPSA) is 38.2 Å². The van der Waals surface area contributed by atoms with Crippen molar-refractivity contribution in [1.29, 1.82) is 0 Å². The van der Waals surface area contributed by atoms with Crippen LogP contribution in [0.15, 0.2) is 4.47 Å². The maximum Gasteiger partial charge on any atom is 0.160 e. The summed E-state index contributed by atoms with van der Waals surface area (Å²) in [4.78, 5) is 11.3. The normalized spacial score (nSPS) is 20.7. The molecule has 0 aromatic carbocycles. The van der Waals surface area contributed by atoms with Crippen molar-refractivity contribution in [2.45, 2.75) is 32.8 Å². The molecule has 1 aromatic heterocycles. The zero-order chi connectivity index (χ0) is 13.8. The average Bonchev–Trinajstić information content (AvgIpc) is 2.44. The summed E-state index contributed by atoms with van der Waals surface area (Å²) in [6.45, 7) is 7.82. The lowest BCUT2D eigenvalue weighted by molar-refractivity contribution is -0.0326. The summed E-state index contributed by atoms with van der Waals surface area (Å²) in [5, 5.41) is 0.477. The van der Waals surface area contributed by atoms with E-state index < -0.39 is 0 Å². The van der Waals surface area contributed by atoms with E-state index in [1.165, 1.54) is 0 Å². The molecule has 1 atom stereocenters. The van der Waals surface area contributed by atoms with E-state index in [0.717, 1.165) is 49.2 Å². The number of ether oxygens (including phenoxy) is 1. The van der Waals surface area contributed by atoms with Gasteiger partial charge in [-0.2, -0.15) is 0 Å². The Morgan fingerprint density at radius 2 is 2.21 bits per heavy atom. The Morgan fingerprint density at radius 3 is 2.89 bits per heavy atom. The number of rotatable bonds is 4. The van der Waals surface area contributed by atoms with Gasteiger partial charge in [-0.15, -0.1) is 0 Å². The molecule has 1 aromatic rings. The number of hydrogen-bond donors (Lipinski definition) is 0. The van der Waals surface area contributed by atoms with Crippen LogP contribution in [0, 0.1) is 0 Å². The number of morpholine rings is 1. The molecular formula is C13H19BrClN3O. The number of aryl methyl sites for hydroxylation is 1. The molecule has 0 aliphatic carbocycles. The van der Waals surface area contributed by atoms with Crippen molar-refractivity contribution >= 4 is 27.5 Å². The quantitative estimate of drug-likeness (QED) is 0.783. The van der Waals surface area contributed by atoms with E-state index in [1.54, 1.807) is 0 Å². The maximum atomic E-state index is 6.18. The fourth-order valence-corrected chi connectivity index (χ4v) is 2.74. The highest BCUT2D eigenvalue weighted by Gasteiger charge is 2.25. The summed E-state index contributed by atoms with van der Waals surface area (Å²) >= 11 is 9.63. The molecule has 1 aliphatic rings. The van der Waals surface area contributed by atoms with Crippen molar-refractivity contribution in [2.75, 3.05) is 26.2 Å². The minimum Gasteiger partial charge on any atom is -0.368 e. The summed E-state index contributed by atoms with van der Waals surface area (Å²) in [5.41, 5.74) is 0.967. The average molecular weight is 349 g/mol. The van der Waals surface area contributed by atoms with Gasteiger partial charge in [0.2, 0.25) is 0 Å². The molecule has 19 heavy (non-hydrogen) atoms. The zero-order valence-electron chi connectivity index (χ0n) is 11.3. The summed E-state index contributed by atoms with van der Waals surface area (Å²) in [5.74, 6) is 0.704. The van der Waals surface area contributed by atoms with E-state index >= 15 is 0 Å². The van der Waals surface area contributed by atoms with Crippen LogP contribution in [0.2, 0.25) is 5.15 Å². The first-order valence-electron chi connectivity index (χ1n) is 6.71. The molecule has 0 N–H and O–H groups in total. The summed E-state index contributed by atoms with van der Waals surface area (Å²) in [7, 11) is 0. The number of nitrogens with zero attached hydrogens (tertiary/aromatic N) is 3. The summed E-state index contributed by atoms with van der Waals surface area (Å²) < 4.78 is 6.59. The fraction of sp³-hybridized carbons (Fsp3) is 0.692. The van der Waals surface area contributed by atoms with E-state index in [2.05, 4.69) is 44.6 Å². The largest absolute Gasteiger partial charge is 0.368 e. The number of aromatic nitrogens is 2. The Balaban J connectivity index is 2.24. The molecule has 6 heteroatoms. The van der Waals surface area contributed by atoms with E-state index in [9.17, 15) is 0 Å². The van der Waals surface area contributed by atoms with Crippen molar-refractivity contribution in [2.24, 2.45) is 0 Å². The van der Waals surface area contributed by atoms with Gasteiger partial charge < -0.3 is 4.74 Å². The molecule has 0 saturated carbocycles. The van der Waals surface area contributed by atoms with Gasteiger partial charge in [-0.1, -0.05) is 31.9 Å². The van der Waals surface area contributed by atoms with Gasteiger partial charge in [0.25, 0.3) is 0 Å². The lowest BCUT2D eigenvalue weighted by atomic mass is 10.2. The van der Waals surface area contributed by atoms with Crippen LogP contribution in [-0.2, 0) is 11.2 Å². The van der Waals surface area contributed by atoms with E-state index in [1.807, 2.05) is 0 Å². The third-order valence-corrected chi connectivity index (χ3v) is 4.60. The molecule has 1 unspecified atom stereocenters. The molecule has 4 nitrogen and oxygen atoms in total. The molecule has 0 spiro atoms. The molecule has 0 bridgehead atoms. The predicted molar refractivity (Wildman–Crippen MR) is 79.5 cm³/mol. The molecule has 0 radical (unpaired) electrons. The van der Waals surface area contributed by atoms with E-state index in [-0.39, 0.29) is 6.10 Å². The van der Waals surface area contributed by atoms with Crippen LogP contribution in [0.4, 0.5) is 0 Å². The first kappa shape index (κ1) is 15.2. The summed E-state index contributed by atoms with van der Waals surface area (Å²) in [6.07, 6.45) is 1.84. The Kier molecular flexibility index (Phi) is 5.57. The fourth-order valence-electron chi connectivity index (χ4n) is 2.17. The van der Waals surface area contributed by atoms with Crippen LogP contribution >= 0.6 is 27.5 Å². The zero-order valence-corrected chi connectivity index (χ0v) is 13.7. The Hall–Kier alpha value is -0.230. The van der Waals surface area contributed by atoms with Crippen molar-refractivity contribution < 1.29 is 4.74 Å². The van der Waals surface area contributed by atoms with Crippen LogP contribution in [-0.4, -0.2) is 41.1 Å². The molecule has 1 aliphatic heterocycles. The molecular weight excluding hydrogens is 330 g/mol. The molecule has 2 heterocycles.